The van der Waals surface area contributed by atoms with Crippen LogP contribution in [-0.4, -0.2) is 52.1 Å². The van der Waals surface area contributed by atoms with Gasteiger partial charge in [-0.3, -0.25) is 0 Å². The van der Waals surface area contributed by atoms with Gasteiger partial charge in [0.05, 0.1) is 23.3 Å². The number of fused-ring (bicyclic) bond motifs is 3. The second-order valence-corrected chi connectivity index (χ2v) is 10.1. The number of pyridine rings is 1. The van der Waals surface area contributed by atoms with Crippen LogP contribution < -0.4 is 5.32 Å². The van der Waals surface area contributed by atoms with Crippen LogP contribution in [0.25, 0.3) is 11.0 Å². The standard InChI is InChI=1S/C18H25N5O2S/c1-22(26(24,25)14-6-7-14)12-2-4-13(5-3-12)23-11-21-16-10-20-18-15(17(16)23)8-9-19-18/h10-14H,2-9H2,1H3,(H,19,20). The van der Waals surface area contributed by atoms with E-state index >= 15 is 0 Å². The zero-order chi connectivity index (χ0) is 17.9. The number of rotatable bonds is 4. The molecule has 140 valence electrons. The van der Waals surface area contributed by atoms with Crippen molar-refractivity contribution in [3.63, 3.8) is 0 Å². The van der Waals surface area contributed by atoms with Crippen LogP contribution in [0.15, 0.2) is 12.5 Å². The summed E-state index contributed by atoms with van der Waals surface area (Å²) in [6.45, 7) is 0.934. The monoisotopic (exact) mass is 375 g/mol. The summed E-state index contributed by atoms with van der Waals surface area (Å²) in [4.78, 5) is 9.03. The molecule has 5 rings (SSSR count). The molecule has 0 spiro atoms. The molecule has 0 radical (unpaired) electrons. The van der Waals surface area contributed by atoms with Crippen molar-refractivity contribution in [3.8, 4) is 0 Å². The number of anilines is 1. The number of sulfonamides is 1. The molecule has 2 fully saturated rings. The van der Waals surface area contributed by atoms with Crippen LogP contribution >= 0.6 is 0 Å². The van der Waals surface area contributed by atoms with Crippen molar-refractivity contribution in [2.75, 3.05) is 18.9 Å². The molecule has 26 heavy (non-hydrogen) atoms. The number of nitrogens with one attached hydrogen (secondary N) is 1. The average Bonchev–Trinajstić information content (AvgIpc) is 3.26. The first-order valence-corrected chi connectivity index (χ1v) is 11.1. The fourth-order valence-corrected chi connectivity index (χ4v) is 6.41. The van der Waals surface area contributed by atoms with Crippen LogP contribution in [0.4, 0.5) is 5.82 Å². The highest BCUT2D eigenvalue weighted by Crippen LogP contribution is 2.38. The van der Waals surface area contributed by atoms with E-state index in [1.807, 2.05) is 12.5 Å². The van der Waals surface area contributed by atoms with Gasteiger partial charge in [-0.1, -0.05) is 0 Å². The lowest BCUT2D eigenvalue weighted by Gasteiger charge is -2.34. The van der Waals surface area contributed by atoms with Crippen LogP contribution in [0.2, 0.25) is 0 Å². The molecule has 0 aromatic carbocycles. The van der Waals surface area contributed by atoms with E-state index in [2.05, 4.69) is 19.9 Å². The molecule has 1 aliphatic heterocycles. The van der Waals surface area contributed by atoms with Gasteiger partial charge in [0.1, 0.15) is 11.3 Å². The van der Waals surface area contributed by atoms with E-state index in [1.165, 1.54) is 11.1 Å². The molecule has 2 aromatic heterocycles. The average molecular weight is 375 g/mol. The van der Waals surface area contributed by atoms with Gasteiger partial charge < -0.3 is 9.88 Å². The summed E-state index contributed by atoms with van der Waals surface area (Å²) in [6.07, 6.45) is 10.3. The van der Waals surface area contributed by atoms with Crippen molar-refractivity contribution in [2.45, 2.75) is 62.3 Å². The highest BCUT2D eigenvalue weighted by Gasteiger charge is 2.41. The van der Waals surface area contributed by atoms with E-state index in [1.54, 1.807) is 11.4 Å². The van der Waals surface area contributed by atoms with Gasteiger partial charge in [-0.25, -0.2) is 22.7 Å². The maximum atomic E-state index is 12.5. The van der Waals surface area contributed by atoms with Crippen LogP contribution in [-0.2, 0) is 16.4 Å². The van der Waals surface area contributed by atoms with Gasteiger partial charge in [-0.15, -0.1) is 0 Å². The smallest absolute Gasteiger partial charge is 0.216 e. The highest BCUT2D eigenvalue weighted by atomic mass is 32.2. The Balaban J connectivity index is 1.36. The molecule has 3 heterocycles. The van der Waals surface area contributed by atoms with Crippen molar-refractivity contribution in [1.29, 1.82) is 0 Å². The molecule has 8 heteroatoms. The first kappa shape index (κ1) is 16.5. The molecule has 2 saturated carbocycles. The normalized spacial score (nSPS) is 26.2. The summed E-state index contributed by atoms with van der Waals surface area (Å²) in [6, 6.07) is 0.529. The zero-order valence-electron chi connectivity index (χ0n) is 15.1. The Morgan fingerprint density at radius 2 is 1.92 bits per heavy atom. The number of aromatic nitrogens is 3. The Bertz CT molecular complexity index is 942. The maximum Gasteiger partial charge on any atom is 0.216 e. The number of hydrogen-bond donors (Lipinski definition) is 1. The Morgan fingerprint density at radius 3 is 2.65 bits per heavy atom. The third-order valence-corrected chi connectivity index (χ3v) is 8.71. The molecule has 0 saturated heterocycles. The molecule has 0 atom stereocenters. The number of nitrogens with zero attached hydrogens (tertiary/aromatic N) is 4. The van der Waals surface area contributed by atoms with Gasteiger partial charge in [0, 0.05) is 31.2 Å². The van der Waals surface area contributed by atoms with E-state index in [9.17, 15) is 8.42 Å². The van der Waals surface area contributed by atoms with Gasteiger partial charge in [-0.2, -0.15) is 0 Å². The number of hydrogen-bond acceptors (Lipinski definition) is 5. The second kappa shape index (κ2) is 5.92. The predicted octanol–water partition coefficient (Wildman–Crippen LogP) is 2.31. The minimum atomic E-state index is -3.08. The van der Waals surface area contributed by atoms with Gasteiger partial charge in [-0.05, 0) is 44.9 Å². The summed E-state index contributed by atoms with van der Waals surface area (Å²) in [5.74, 6) is 0.989. The Labute approximate surface area is 153 Å². The molecule has 0 unspecified atom stereocenters. The molecular weight excluding hydrogens is 350 g/mol. The van der Waals surface area contributed by atoms with Gasteiger partial charge in [0.2, 0.25) is 10.0 Å². The fraction of sp³-hybridized carbons (Fsp3) is 0.667. The van der Waals surface area contributed by atoms with Crippen molar-refractivity contribution in [1.82, 2.24) is 18.8 Å². The van der Waals surface area contributed by atoms with Crippen molar-refractivity contribution in [2.24, 2.45) is 0 Å². The quantitative estimate of drug-likeness (QED) is 0.887. The molecule has 0 bridgehead atoms. The molecule has 3 aliphatic rings. The fourth-order valence-electron chi connectivity index (χ4n) is 4.58. The Morgan fingerprint density at radius 1 is 1.15 bits per heavy atom. The van der Waals surface area contributed by atoms with Crippen LogP contribution in [0.3, 0.4) is 0 Å². The van der Waals surface area contributed by atoms with E-state index in [-0.39, 0.29) is 11.3 Å². The lowest BCUT2D eigenvalue weighted by Crippen LogP contribution is -2.41. The zero-order valence-corrected chi connectivity index (χ0v) is 15.9. The summed E-state index contributed by atoms with van der Waals surface area (Å²) < 4.78 is 29.0. The topological polar surface area (TPSA) is 80.1 Å². The first-order valence-electron chi connectivity index (χ1n) is 9.61. The molecule has 2 aliphatic carbocycles. The van der Waals surface area contributed by atoms with Gasteiger partial charge in [0.25, 0.3) is 0 Å². The van der Waals surface area contributed by atoms with Gasteiger partial charge in [0.15, 0.2) is 0 Å². The van der Waals surface area contributed by atoms with Crippen LogP contribution in [0, 0.1) is 0 Å². The molecule has 1 N–H and O–H groups in total. The second-order valence-electron chi connectivity index (χ2n) is 7.87. The van der Waals surface area contributed by atoms with E-state index in [0.29, 0.717) is 6.04 Å². The molecule has 0 amide bonds. The minimum Gasteiger partial charge on any atom is -0.369 e. The van der Waals surface area contributed by atoms with Crippen molar-refractivity contribution >= 4 is 26.9 Å². The number of imidazole rings is 1. The first-order chi connectivity index (χ1) is 12.6. The Hall–Kier alpha value is -1.67. The lowest BCUT2D eigenvalue weighted by atomic mass is 9.91. The third kappa shape index (κ3) is 2.53. The third-order valence-electron chi connectivity index (χ3n) is 6.30. The molecule has 2 aromatic rings. The van der Waals surface area contributed by atoms with Crippen LogP contribution in [0.1, 0.15) is 50.1 Å². The molecule has 7 nitrogen and oxygen atoms in total. The Kier molecular flexibility index (Phi) is 3.76. The minimum absolute atomic E-state index is 0.120. The van der Waals surface area contributed by atoms with Crippen LogP contribution in [0.5, 0.6) is 0 Å². The van der Waals surface area contributed by atoms with E-state index < -0.39 is 10.0 Å². The summed E-state index contributed by atoms with van der Waals surface area (Å²) in [5, 5.41) is 3.22. The van der Waals surface area contributed by atoms with Gasteiger partial charge >= 0.3 is 0 Å². The summed E-state index contributed by atoms with van der Waals surface area (Å²) >= 11 is 0. The summed E-state index contributed by atoms with van der Waals surface area (Å²) in [5.41, 5.74) is 3.45. The van der Waals surface area contributed by atoms with Crippen molar-refractivity contribution < 1.29 is 8.42 Å². The predicted molar refractivity (Wildman–Crippen MR) is 101 cm³/mol. The molecular formula is C18H25N5O2S. The SMILES string of the molecule is CN(C1CCC(n2cnc3cnc4c(c32)CCN4)CC1)S(=O)(=O)C1CC1. The highest BCUT2D eigenvalue weighted by molar-refractivity contribution is 7.90. The van der Waals surface area contributed by atoms with Crippen molar-refractivity contribution in [3.05, 3.63) is 18.1 Å². The van der Waals surface area contributed by atoms with E-state index in [4.69, 9.17) is 0 Å². The lowest BCUT2D eigenvalue weighted by molar-refractivity contribution is 0.239. The largest absolute Gasteiger partial charge is 0.369 e. The summed E-state index contributed by atoms with van der Waals surface area (Å²) in [7, 11) is -1.31. The maximum absolute atomic E-state index is 12.5. The van der Waals surface area contributed by atoms with E-state index in [0.717, 1.165) is 62.8 Å².